The smallest absolute Gasteiger partial charge is 0.166 e. The average molecular weight is 494 g/mol. The van der Waals surface area contributed by atoms with Crippen LogP contribution in [0, 0.1) is 6.92 Å². The molecule has 0 radical (unpaired) electrons. The first-order chi connectivity index (χ1) is 14.3. The van der Waals surface area contributed by atoms with Gasteiger partial charge in [-0.15, -0.1) is 0 Å². The van der Waals surface area contributed by atoms with E-state index in [0.717, 1.165) is 36.6 Å². The first-order valence-electron chi connectivity index (χ1n) is 9.23. The van der Waals surface area contributed by atoms with Gasteiger partial charge in [0.25, 0.3) is 0 Å². The fourth-order valence-corrected chi connectivity index (χ4v) is 4.35. The predicted octanol–water partition coefficient (Wildman–Crippen LogP) is 3.16. The van der Waals surface area contributed by atoms with Gasteiger partial charge in [0, 0.05) is 55.2 Å². The molecule has 0 spiro atoms. The second-order valence-electron chi connectivity index (χ2n) is 6.10. The SMILES string of the molecule is CC(=O)CCSOO[O-].CC(=O)CCSSCCNC(=S)NCc1ccc(C)cc1. The molecule has 0 bridgehead atoms. The number of ketones is 2. The van der Waals surface area contributed by atoms with Gasteiger partial charge in [-0.3, -0.25) is 14.6 Å². The fourth-order valence-electron chi connectivity index (χ4n) is 1.70. The standard InChI is InChI=1S/C15H22N2OS3.C4H8O4S/c1-12-3-5-14(6-4-12)11-17-15(19)16-8-10-21-20-9-7-13(2)18;1-4(5)2-3-9-8-7-6/h3-6H,7-11H2,1-2H3,(H2,16,17,19);6H,2-3H2,1H3/p-1. The summed E-state index contributed by atoms with van der Waals surface area (Å²) in [5.74, 6) is 2.63. The van der Waals surface area contributed by atoms with Crippen molar-refractivity contribution >= 4 is 62.5 Å². The van der Waals surface area contributed by atoms with Crippen LogP contribution < -0.4 is 15.9 Å². The first-order valence-corrected chi connectivity index (χ1v) is 13.0. The number of nitrogens with one attached hydrogen (secondary N) is 2. The van der Waals surface area contributed by atoms with E-state index in [1.165, 1.54) is 18.1 Å². The molecule has 0 aromatic heterocycles. The molecule has 0 aliphatic rings. The van der Waals surface area contributed by atoms with Crippen molar-refractivity contribution in [1.82, 2.24) is 10.6 Å². The second kappa shape index (κ2) is 20.1. The van der Waals surface area contributed by atoms with E-state index >= 15 is 0 Å². The number of hydrogen-bond donors (Lipinski definition) is 2. The number of aryl methyl sites for hydroxylation is 1. The molecule has 0 fully saturated rings. The highest BCUT2D eigenvalue weighted by molar-refractivity contribution is 8.76. The van der Waals surface area contributed by atoms with Crippen molar-refractivity contribution in [2.75, 3.05) is 23.8 Å². The van der Waals surface area contributed by atoms with Crippen LogP contribution in [0.15, 0.2) is 24.3 Å². The Kier molecular flexibility index (Phi) is 19.6. The van der Waals surface area contributed by atoms with E-state index in [-0.39, 0.29) is 11.6 Å². The molecule has 30 heavy (non-hydrogen) atoms. The van der Waals surface area contributed by atoms with Gasteiger partial charge in [-0.05, 0) is 38.6 Å². The second-order valence-corrected chi connectivity index (χ2v) is 9.99. The molecule has 1 aromatic rings. The summed E-state index contributed by atoms with van der Waals surface area (Å²) in [6.07, 6.45) is 1.05. The van der Waals surface area contributed by atoms with Crippen molar-refractivity contribution in [1.29, 1.82) is 0 Å². The topological polar surface area (TPSA) is 99.7 Å². The zero-order chi connectivity index (χ0) is 22.6. The lowest BCUT2D eigenvalue weighted by Gasteiger charge is -2.10. The Morgan fingerprint density at radius 2 is 1.60 bits per heavy atom. The summed E-state index contributed by atoms with van der Waals surface area (Å²) in [7, 11) is 3.50. The maximum Gasteiger partial charge on any atom is 0.166 e. The Hall–Kier alpha value is -0.820. The Balaban J connectivity index is 0.000000787. The highest BCUT2D eigenvalue weighted by Crippen LogP contribution is 2.21. The zero-order valence-corrected chi connectivity index (χ0v) is 20.7. The monoisotopic (exact) mass is 493 g/mol. The lowest BCUT2D eigenvalue weighted by atomic mass is 10.1. The molecule has 0 saturated carbocycles. The molecule has 11 heteroatoms. The van der Waals surface area contributed by atoms with Gasteiger partial charge in [0.05, 0.1) is 0 Å². The summed E-state index contributed by atoms with van der Waals surface area (Å²) in [4.78, 5) is 21.0. The van der Waals surface area contributed by atoms with Crippen molar-refractivity contribution in [3.05, 3.63) is 35.4 Å². The Labute approximate surface area is 196 Å². The molecule has 0 aliphatic heterocycles. The maximum atomic E-state index is 10.8. The molecule has 0 atom stereocenters. The molecule has 0 aliphatic carbocycles. The number of hydrogen-bond acceptors (Lipinski definition) is 9. The summed E-state index contributed by atoms with van der Waals surface area (Å²) >= 11 is 6.06. The molecule has 7 nitrogen and oxygen atoms in total. The molecule has 2 N–H and O–H groups in total. The molecule has 0 saturated heterocycles. The van der Waals surface area contributed by atoms with Crippen molar-refractivity contribution in [2.45, 2.75) is 40.2 Å². The fraction of sp³-hybridized carbons (Fsp3) is 0.526. The lowest BCUT2D eigenvalue weighted by Crippen LogP contribution is -2.35. The van der Waals surface area contributed by atoms with Gasteiger partial charge in [0.15, 0.2) is 5.11 Å². The molecule has 0 amide bonds. The van der Waals surface area contributed by atoms with Crippen LogP contribution in [0.2, 0.25) is 0 Å². The number of benzene rings is 1. The van der Waals surface area contributed by atoms with Gasteiger partial charge < -0.3 is 15.9 Å². The van der Waals surface area contributed by atoms with Crippen LogP contribution in [0.1, 0.15) is 37.8 Å². The zero-order valence-electron chi connectivity index (χ0n) is 17.4. The van der Waals surface area contributed by atoms with Crippen molar-refractivity contribution in [3.8, 4) is 0 Å². The molecular weight excluding hydrogens is 464 g/mol. The molecule has 1 aromatic carbocycles. The van der Waals surface area contributed by atoms with E-state index in [1.54, 1.807) is 28.5 Å². The number of Topliss-reactive ketones (excluding diaryl/α,β-unsaturated/α-hetero) is 2. The number of carbonyl (C=O) groups excluding carboxylic acids is 2. The van der Waals surface area contributed by atoms with Crippen LogP contribution in [0.5, 0.6) is 0 Å². The van der Waals surface area contributed by atoms with Gasteiger partial charge in [-0.1, -0.05) is 51.4 Å². The molecule has 170 valence electrons. The minimum atomic E-state index is 0.0667. The van der Waals surface area contributed by atoms with Crippen LogP contribution in [0.4, 0.5) is 0 Å². The Bertz CT molecular complexity index is 617. The van der Waals surface area contributed by atoms with Gasteiger partial charge in [0.1, 0.15) is 11.6 Å². The molecule has 1 rings (SSSR count). The minimum Gasteiger partial charge on any atom is -0.691 e. The predicted molar refractivity (Wildman–Crippen MR) is 129 cm³/mol. The Morgan fingerprint density at radius 3 is 2.20 bits per heavy atom. The third-order valence-electron chi connectivity index (χ3n) is 3.28. The maximum absolute atomic E-state index is 10.8. The molecular formula is C19H29N2O5S4-. The quantitative estimate of drug-likeness (QED) is 0.0998. The van der Waals surface area contributed by atoms with Crippen LogP contribution in [-0.2, 0) is 25.5 Å². The van der Waals surface area contributed by atoms with Crippen LogP contribution in [-0.4, -0.2) is 40.5 Å². The summed E-state index contributed by atoms with van der Waals surface area (Å²) in [5.41, 5.74) is 2.48. The van der Waals surface area contributed by atoms with Crippen LogP contribution in [0.3, 0.4) is 0 Å². The van der Waals surface area contributed by atoms with Gasteiger partial charge in [0.2, 0.25) is 0 Å². The Morgan fingerprint density at radius 1 is 1.00 bits per heavy atom. The van der Waals surface area contributed by atoms with E-state index < -0.39 is 0 Å². The van der Waals surface area contributed by atoms with Crippen molar-refractivity contribution < 1.29 is 24.2 Å². The molecule has 0 unspecified atom stereocenters. The summed E-state index contributed by atoms with van der Waals surface area (Å²) in [6, 6.07) is 8.41. The summed E-state index contributed by atoms with van der Waals surface area (Å²) in [5, 5.41) is 19.2. The van der Waals surface area contributed by atoms with Crippen molar-refractivity contribution in [3.63, 3.8) is 0 Å². The molecule has 0 heterocycles. The van der Waals surface area contributed by atoms with E-state index in [0.29, 0.717) is 23.7 Å². The number of carbonyl (C=O) groups is 2. The lowest BCUT2D eigenvalue weighted by molar-refractivity contribution is -0.777. The highest BCUT2D eigenvalue weighted by Gasteiger charge is 1.98. The van der Waals surface area contributed by atoms with Gasteiger partial charge >= 0.3 is 0 Å². The first kappa shape index (κ1) is 29.2. The van der Waals surface area contributed by atoms with E-state index in [9.17, 15) is 9.59 Å². The van der Waals surface area contributed by atoms with Crippen LogP contribution in [0.25, 0.3) is 0 Å². The largest absolute Gasteiger partial charge is 0.691 e. The van der Waals surface area contributed by atoms with E-state index in [1.807, 2.05) is 0 Å². The van der Waals surface area contributed by atoms with Gasteiger partial charge in [-0.25, -0.2) is 0 Å². The van der Waals surface area contributed by atoms with E-state index in [2.05, 4.69) is 51.2 Å². The summed E-state index contributed by atoms with van der Waals surface area (Å²) in [6.45, 7) is 6.75. The van der Waals surface area contributed by atoms with Crippen LogP contribution >= 0.6 is 45.8 Å². The van der Waals surface area contributed by atoms with Gasteiger partial charge in [-0.2, -0.15) is 4.33 Å². The highest BCUT2D eigenvalue weighted by atomic mass is 33.1. The normalized spacial score (nSPS) is 10.0. The summed E-state index contributed by atoms with van der Waals surface area (Å²) < 4.78 is 3.89. The van der Waals surface area contributed by atoms with Crippen molar-refractivity contribution in [2.24, 2.45) is 0 Å². The average Bonchev–Trinajstić information content (AvgIpc) is 2.70. The number of thiocarbonyl (C=S) groups is 1. The minimum absolute atomic E-state index is 0.0667. The third-order valence-corrected chi connectivity index (χ3v) is 6.50. The number of rotatable bonds is 14. The third kappa shape index (κ3) is 20.5. The van der Waals surface area contributed by atoms with E-state index in [4.69, 9.17) is 17.5 Å².